The molecule has 0 heterocycles. The van der Waals surface area contributed by atoms with Gasteiger partial charge in [-0.05, 0) is 31.9 Å². The van der Waals surface area contributed by atoms with Crippen LogP contribution >= 0.6 is 0 Å². The van der Waals surface area contributed by atoms with E-state index in [1.807, 2.05) is 19.1 Å². The summed E-state index contributed by atoms with van der Waals surface area (Å²) in [4.78, 5) is 10.5. The summed E-state index contributed by atoms with van der Waals surface area (Å²) < 4.78 is 0. The minimum absolute atomic E-state index is 0.161. The molecule has 0 radical (unpaired) electrons. The Bertz CT molecular complexity index is 430. The van der Waals surface area contributed by atoms with Gasteiger partial charge in [-0.25, -0.2) is 0 Å². The van der Waals surface area contributed by atoms with E-state index in [4.69, 9.17) is 0 Å². The van der Waals surface area contributed by atoms with E-state index in [2.05, 4.69) is 18.3 Å². The highest BCUT2D eigenvalue weighted by Gasteiger charge is 2.13. The van der Waals surface area contributed by atoms with Crippen LogP contribution in [0.3, 0.4) is 0 Å². The topological polar surface area (TPSA) is 55.2 Å². The third kappa shape index (κ3) is 5.22. The van der Waals surface area contributed by atoms with E-state index in [0.717, 1.165) is 31.4 Å². The van der Waals surface area contributed by atoms with E-state index in [-0.39, 0.29) is 16.7 Å². The third-order valence-corrected chi connectivity index (χ3v) is 3.00. The largest absolute Gasteiger partial charge is 0.310 e. The minimum atomic E-state index is -0.341. The molecule has 0 spiro atoms. The van der Waals surface area contributed by atoms with Gasteiger partial charge in [0.25, 0.3) is 5.69 Å². The molecular formula is C15H22N2O2. The van der Waals surface area contributed by atoms with Crippen LogP contribution in [0.1, 0.15) is 44.7 Å². The first-order valence-corrected chi connectivity index (χ1v) is 6.78. The van der Waals surface area contributed by atoms with Crippen molar-refractivity contribution >= 4 is 5.69 Å². The Morgan fingerprint density at radius 2 is 2.26 bits per heavy atom. The summed E-state index contributed by atoms with van der Waals surface area (Å²) >= 11 is 0. The minimum Gasteiger partial charge on any atom is -0.310 e. The van der Waals surface area contributed by atoms with Gasteiger partial charge in [-0.15, -0.1) is 0 Å². The summed E-state index contributed by atoms with van der Waals surface area (Å²) in [5, 5.41) is 14.3. The molecule has 0 aliphatic rings. The number of hydrogen-bond donors (Lipinski definition) is 1. The Kier molecular flexibility index (Phi) is 6.82. The number of rotatable bonds is 8. The molecule has 0 aromatic heterocycles. The van der Waals surface area contributed by atoms with Gasteiger partial charge in [0.15, 0.2) is 0 Å². The lowest BCUT2D eigenvalue weighted by atomic mass is 10.0. The molecule has 1 atom stereocenters. The van der Waals surface area contributed by atoms with Gasteiger partial charge in [-0.1, -0.05) is 37.6 Å². The predicted octanol–water partition coefficient (Wildman–Crippen LogP) is 3.99. The molecule has 4 nitrogen and oxygen atoms in total. The zero-order valence-corrected chi connectivity index (χ0v) is 11.6. The lowest BCUT2D eigenvalue weighted by Gasteiger charge is -2.18. The molecule has 0 aliphatic carbocycles. The second-order valence-corrected chi connectivity index (χ2v) is 4.51. The van der Waals surface area contributed by atoms with Crippen LogP contribution < -0.4 is 5.32 Å². The van der Waals surface area contributed by atoms with E-state index in [0.29, 0.717) is 0 Å². The smallest absolute Gasteiger partial charge is 0.269 e. The Hall–Kier alpha value is -1.68. The van der Waals surface area contributed by atoms with Gasteiger partial charge in [-0.2, -0.15) is 0 Å². The fourth-order valence-corrected chi connectivity index (χ4v) is 2.04. The zero-order valence-electron chi connectivity index (χ0n) is 11.6. The number of non-ortho nitro benzene ring substituents is 1. The van der Waals surface area contributed by atoms with Gasteiger partial charge < -0.3 is 5.32 Å². The van der Waals surface area contributed by atoms with Gasteiger partial charge in [0.2, 0.25) is 0 Å². The summed E-state index contributed by atoms with van der Waals surface area (Å²) in [5.74, 6) is 0. The van der Waals surface area contributed by atoms with Crippen molar-refractivity contribution in [3.05, 3.63) is 52.1 Å². The van der Waals surface area contributed by atoms with Crippen molar-refractivity contribution in [3.8, 4) is 0 Å². The second kappa shape index (κ2) is 8.43. The standard InChI is InChI=1S/C15H22N2O2/c1-3-5-6-11-16-15(8-4-2)13-9-7-10-14(12-13)17(18)19/h3,5,7,9-10,12,15-16H,4,6,8,11H2,1-2H3/b5-3+. The van der Waals surface area contributed by atoms with Gasteiger partial charge in [0.05, 0.1) is 4.92 Å². The third-order valence-electron chi connectivity index (χ3n) is 3.00. The number of allylic oxidation sites excluding steroid dienone is 1. The predicted molar refractivity (Wildman–Crippen MR) is 78.2 cm³/mol. The molecule has 1 N–H and O–H groups in total. The maximum atomic E-state index is 10.8. The molecule has 0 amide bonds. The normalized spacial score (nSPS) is 12.7. The number of nitro groups is 1. The van der Waals surface area contributed by atoms with Crippen LogP contribution in [0.2, 0.25) is 0 Å². The van der Waals surface area contributed by atoms with Gasteiger partial charge in [-0.3, -0.25) is 10.1 Å². The quantitative estimate of drug-likeness (QED) is 0.333. The molecule has 0 saturated carbocycles. The first kappa shape index (κ1) is 15.4. The van der Waals surface area contributed by atoms with Gasteiger partial charge in [0.1, 0.15) is 0 Å². The molecule has 1 rings (SSSR count). The molecule has 0 saturated heterocycles. The van der Waals surface area contributed by atoms with E-state index < -0.39 is 0 Å². The summed E-state index contributed by atoms with van der Waals surface area (Å²) in [6, 6.07) is 7.10. The molecule has 104 valence electrons. The van der Waals surface area contributed by atoms with E-state index in [1.54, 1.807) is 12.1 Å². The van der Waals surface area contributed by atoms with Crippen LogP contribution in [0.4, 0.5) is 5.69 Å². The fraction of sp³-hybridized carbons (Fsp3) is 0.467. The summed E-state index contributed by atoms with van der Waals surface area (Å²) in [6.07, 6.45) is 7.15. The van der Waals surface area contributed by atoms with Crippen LogP contribution in [0.5, 0.6) is 0 Å². The van der Waals surface area contributed by atoms with Crippen LogP contribution in [0.15, 0.2) is 36.4 Å². The summed E-state index contributed by atoms with van der Waals surface area (Å²) in [5.41, 5.74) is 1.16. The highest BCUT2D eigenvalue weighted by atomic mass is 16.6. The van der Waals surface area contributed by atoms with Crippen molar-refractivity contribution in [3.63, 3.8) is 0 Å². The van der Waals surface area contributed by atoms with Crippen molar-refractivity contribution in [2.24, 2.45) is 0 Å². The number of nitrogens with one attached hydrogen (secondary N) is 1. The molecule has 1 aromatic carbocycles. The average molecular weight is 262 g/mol. The highest BCUT2D eigenvalue weighted by Crippen LogP contribution is 2.22. The van der Waals surface area contributed by atoms with Crippen molar-refractivity contribution in [1.82, 2.24) is 5.32 Å². The monoisotopic (exact) mass is 262 g/mol. The molecular weight excluding hydrogens is 240 g/mol. The van der Waals surface area contributed by atoms with Gasteiger partial charge >= 0.3 is 0 Å². The maximum Gasteiger partial charge on any atom is 0.269 e. The Balaban J connectivity index is 2.74. The van der Waals surface area contributed by atoms with Crippen LogP contribution in [-0.2, 0) is 0 Å². The first-order valence-electron chi connectivity index (χ1n) is 6.78. The van der Waals surface area contributed by atoms with Crippen LogP contribution in [-0.4, -0.2) is 11.5 Å². The lowest BCUT2D eigenvalue weighted by Crippen LogP contribution is -2.22. The SMILES string of the molecule is C/C=C/CCNC(CCC)c1cccc([N+](=O)[O-])c1. The number of nitro benzene ring substituents is 1. The Labute approximate surface area is 114 Å². The second-order valence-electron chi connectivity index (χ2n) is 4.51. The molecule has 0 fully saturated rings. The lowest BCUT2D eigenvalue weighted by molar-refractivity contribution is -0.384. The average Bonchev–Trinajstić information content (AvgIpc) is 2.42. The number of nitrogens with zero attached hydrogens (tertiary/aromatic N) is 1. The molecule has 1 unspecified atom stereocenters. The van der Waals surface area contributed by atoms with Crippen molar-refractivity contribution < 1.29 is 4.92 Å². The highest BCUT2D eigenvalue weighted by molar-refractivity contribution is 5.35. The summed E-state index contributed by atoms with van der Waals surface area (Å²) in [6.45, 7) is 5.01. The van der Waals surface area contributed by atoms with Crippen molar-refractivity contribution in [1.29, 1.82) is 0 Å². The first-order chi connectivity index (χ1) is 9.19. The van der Waals surface area contributed by atoms with E-state index >= 15 is 0 Å². The molecule has 0 aliphatic heterocycles. The van der Waals surface area contributed by atoms with Crippen molar-refractivity contribution in [2.75, 3.05) is 6.54 Å². The number of benzene rings is 1. The molecule has 1 aromatic rings. The van der Waals surface area contributed by atoms with E-state index in [1.165, 1.54) is 6.07 Å². The van der Waals surface area contributed by atoms with Crippen molar-refractivity contribution in [2.45, 2.75) is 39.2 Å². The maximum absolute atomic E-state index is 10.8. The summed E-state index contributed by atoms with van der Waals surface area (Å²) in [7, 11) is 0. The van der Waals surface area contributed by atoms with Crippen LogP contribution in [0, 0.1) is 10.1 Å². The Morgan fingerprint density at radius 3 is 2.89 bits per heavy atom. The fourth-order valence-electron chi connectivity index (χ4n) is 2.04. The van der Waals surface area contributed by atoms with E-state index in [9.17, 15) is 10.1 Å². The Morgan fingerprint density at radius 1 is 1.47 bits per heavy atom. The number of hydrogen-bond acceptors (Lipinski definition) is 3. The van der Waals surface area contributed by atoms with Gasteiger partial charge in [0, 0.05) is 18.2 Å². The molecule has 19 heavy (non-hydrogen) atoms. The molecule has 4 heteroatoms. The zero-order chi connectivity index (χ0) is 14.1. The van der Waals surface area contributed by atoms with Crippen LogP contribution in [0.25, 0.3) is 0 Å². The molecule has 0 bridgehead atoms.